The Balaban J connectivity index is 2.15. The smallest absolute Gasteiger partial charge is 0.336 e. The first-order valence-electron chi connectivity index (χ1n) is 7.08. The lowest BCUT2D eigenvalue weighted by Crippen LogP contribution is -2.35. The van der Waals surface area contributed by atoms with Gasteiger partial charge in [0.05, 0.1) is 5.56 Å². The molecule has 1 aromatic carbocycles. The second-order valence-electron chi connectivity index (χ2n) is 5.91. The highest BCUT2D eigenvalue weighted by Crippen LogP contribution is 2.36. The molecule has 1 fully saturated rings. The molecule has 0 aromatic heterocycles. The van der Waals surface area contributed by atoms with Crippen molar-refractivity contribution in [2.75, 3.05) is 5.32 Å². The van der Waals surface area contributed by atoms with E-state index in [4.69, 9.17) is 5.11 Å². The summed E-state index contributed by atoms with van der Waals surface area (Å²) in [7, 11) is 0. The molecule has 0 atom stereocenters. The molecule has 0 aliphatic heterocycles. The molecular weight excluding hydrogens is 254 g/mol. The van der Waals surface area contributed by atoms with E-state index in [-0.39, 0.29) is 16.9 Å². The topological polar surface area (TPSA) is 66.4 Å². The first-order chi connectivity index (χ1) is 9.42. The Bertz CT molecular complexity index is 531. The van der Waals surface area contributed by atoms with E-state index in [0.717, 1.165) is 25.7 Å². The zero-order valence-electron chi connectivity index (χ0n) is 12.0. The van der Waals surface area contributed by atoms with E-state index in [1.54, 1.807) is 19.1 Å². The molecule has 4 heteroatoms. The molecule has 2 rings (SSSR count). The van der Waals surface area contributed by atoms with E-state index in [2.05, 4.69) is 5.32 Å². The van der Waals surface area contributed by atoms with Gasteiger partial charge in [0.25, 0.3) is 0 Å². The average molecular weight is 275 g/mol. The fourth-order valence-corrected chi connectivity index (χ4v) is 2.77. The molecule has 0 bridgehead atoms. The van der Waals surface area contributed by atoms with Crippen LogP contribution in [0, 0.1) is 12.3 Å². The normalized spacial score (nSPS) is 17.5. The van der Waals surface area contributed by atoms with Gasteiger partial charge in [-0.2, -0.15) is 0 Å². The summed E-state index contributed by atoms with van der Waals surface area (Å²) in [5.41, 5.74) is 1.16. The zero-order chi connectivity index (χ0) is 14.8. The lowest BCUT2D eigenvalue weighted by Gasteiger charge is -2.32. The van der Waals surface area contributed by atoms with Crippen LogP contribution >= 0.6 is 0 Å². The largest absolute Gasteiger partial charge is 0.478 e. The monoisotopic (exact) mass is 275 g/mol. The maximum Gasteiger partial charge on any atom is 0.336 e. The predicted octanol–water partition coefficient (Wildman–Crippen LogP) is 3.60. The van der Waals surface area contributed by atoms with Crippen LogP contribution in [0.15, 0.2) is 18.2 Å². The number of amides is 1. The lowest BCUT2D eigenvalue weighted by molar-refractivity contribution is -0.126. The summed E-state index contributed by atoms with van der Waals surface area (Å²) in [6.45, 7) is 3.74. The molecule has 0 unspecified atom stereocenters. The number of aromatic carboxylic acids is 1. The molecule has 2 N–H and O–H groups in total. The third kappa shape index (κ3) is 3.00. The van der Waals surface area contributed by atoms with E-state index in [1.807, 2.05) is 6.92 Å². The number of hydrogen-bond acceptors (Lipinski definition) is 2. The molecule has 0 spiro atoms. The van der Waals surface area contributed by atoms with Gasteiger partial charge in [0.2, 0.25) is 5.91 Å². The number of carbonyl (C=O) groups excluding carboxylic acids is 1. The third-order valence-electron chi connectivity index (χ3n) is 4.23. The SMILES string of the molecule is Cc1ccc(NC(=O)C2(C)CCCCC2)cc1C(=O)O. The number of rotatable bonds is 3. The Kier molecular flexibility index (Phi) is 4.12. The first-order valence-corrected chi connectivity index (χ1v) is 7.08. The molecule has 108 valence electrons. The summed E-state index contributed by atoms with van der Waals surface area (Å²) in [4.78, 5) is 23.5. The quantitative estimate of drug-likeness (QED) is 0.885. The minimum Gasteiger partial charge on any atom is -0.478 e. The minimum atomic E-state index is -0.970. The fourth-order valence-electron chi connectivity index (χ4n) is 2.77. The average Bonchev–Trinajstić information content (AvgIpc) is 2.41. The highest BCUT2D eigenvalue weighted by atomic mass is 16.4. The molecule has 1 aliphatic rings. The van der Waals surface area contributed by atoms with Crippen LogP contribution in [0.5, 0.6) is 0 Å². The maximum atomic E-state index is 12.4. The van der Waals surface area contributed by atoms with E-state index < -0.39 is 5.97 Å². The second-order valence-corrected chi connectivity index (χ2v) is 5.91. The molecule has 20 heavy (non-hydrogen) atoms. The van der Waals surface area contributed by atoms with Crippen LogP contribution < -0.4 is 5.32 Å². The number of anilines is 1. The number of benzene rings is 1. The van der Waals surface area contributed by atoms with E-state index >= 15 is 0 Å². The number of aryl methyl sites for hydroxylation is 1. The number of carbonyl (C=O) groups is 2. The molecule has 1 aliphatic carbocycles. The third-order valence-corrected chi connectivity index (χ3v) is 4.23. The van der Waals surface area contributed by atoms with Crippen LogP contribution in [0.1, 0.15) is 54.9 Å². The Morgan fingerprint density at radius 3 is 2.45 bits per heavy atom. The number of carboxylic acid groups (broad SMARTS) is 1. The summed E-state index contributed by atoms with van der Waals surface area (Å²) in [5.74, 6) is -0.972. The molecule has 1 saturated carbocycles. The van der Waals surface area contributed by atoms with Crippen LogP contribution in [-0.4, -0.2) is 17.0 Å². The highest BCUT2D eigenvalue weighted by molar-refractivity contribution is 5.97. The zero-order valence-corrected chi connectivity index (χ0v) is 12.0. The van der Waals surface area contributed by atoms with E-state index in [9.17, 15) is 9.59 Å². The standard InChI is InChI=1S/C16H21NO3/c1-11-6-7-12(10-13(11)14(18)19)17-15(20)16(2)8-4-3-5-9-16/h6-7,10H,3-5,8-9H2,1-2H3,(H,17,20)(H,18,19). The van der Waals surface area contributed by atoms with Crippen molar-refractivity contribution in [1.82, 2.24) is 0 Å². The summed E-state index contributed by atoms with van der Waals surface area (Å²) < 4.78 is 0. The molecule has 0 heterocycles. The van der Waals surface area contributed by atoms with Gasteiger partial charge in [-0.15, -0.1) is 0 Å². The molecule has 0 radical (unpaired) electrons. The summed E-state index contributed by atoms with van der Waals surface area (Å²) >= 11 is 0. The highest BCUT2D eigenvalue weighted by Gasteiger charge is 2.34. The van der Waals surface area contributed by atoms with E-state index in [1.165, 1.54) is 12.5 Å². The van der Waals surface area contributed by atoms with Gasteiger partial charge in [0.1, 0.15) is 0 Å². The maximum absolute atomic E-state index is 12.4. The lowest BCUT2D eigenvalue weighted by atomic mass is 9.75. The van der Waals surface area contributed by atoms with Gasteiger partial charge in [-0.05, 0) is 37.5 Å². The predicted molar refractivity (Wildman–Crippen MR) is 78.0 cm³/mol. The van der Waals surface area contributed by atoms with Gasteiger partial charge in [0, 0.05) is 11.1 Å². The van der Waals surface area contributed by atoms with Crippen LogP contribution in [0.3, 0.4) is 0 Å². The Morgan fingerprint density at radius 1 is 1.20 bits per heavy atom. The summed E-state index contributed by atoms with van der Waals surface area (Å²) in [6, 6.07) is 5.01. The van der Waals surface area contributed by atoms with Gasteiger partial charge in [-0.3, -0.25) is 4.79 Å². The molecule has 1 amide bonds. The first kappa shape index (κ1) is 14.6. The summed E-state index contributed by atoms with van der Waals surface area (Å²) in [6.07, 6.45) is 5.15. The molecule has 4 nitrogen and oxygen atoms in total. The Hall–Kier alpha value is -1.84. The van der Waals surface area contributed by atoms with Crippen molar-refractivity contribution >= 4 is 17.6 Å². The van der Waals surface area contributed by atoms with Crippen LogP contribution in [-0.2, 0) is 4.79 Å². The van der Waals surface area contributed by atoms with Gasteiger partial charge in [-0.25, -0.2) is 4.79 Å². The fraction of sp³-hybridized carbons (Fsp3) is 0.500. The minimum absolute atomic E-state index is 0.00241. The van der Waals surface area contributed by atoms with Crippen molar-refractivity contribution in [3.05, 3.63) is 29.3 Å². The van der Waals surface area contributed by atoms with Gasteiger partial charge in [-0.1, -0.05) is 32.3 Å². The van der Waals surface area contributed by atoms with Crippen LogP contribution in [0.4, 0.5) is 5.69 Å². The second kappa shape index (κ2) is 5.65. The Labute approximate surface area is 119 Å². The number of hydrogen-bond donors (Lipinski definition) is 2. The number of carboxylic acids is 1. The summed E-state index contributed by atoms with van der Waals surface area (Å²) in [5, 5.41) is 12.0. The number of nitrogens with one attached hydrogen (secondary N) is 1. The van der Waals surface area contributed by atoms with Gasteiger partial charge >= 0.3 is 5.97 Å². The van der Waals surface area contributed by atoms with Crippen molar-refractivity contribution < 1.29 is 14.7 Å². The van der Waals surface area contributed by atoms with Gasteiger partial charge in [0.15, 0.2) is 0 Å². The Morgan fingerprint density at radius 2 is 1.85 bits per heavy atom. The van der Waals surface area contributed by atoms with Crippen molar-refractivity contribution in [1.29, 1.82) is 0 Å². The van der Waals surface area contributed by atoms with Crippen molar-refractivity contribution in [3.63, 3.8) is 0 Å². The molecule has 1 aromatic rings. The van der Waals surface area contributed by atoms with Gasteiger partial charge < -0.3 is 10.4 Å². The van der Waals surface area contributed by atoms with Crippen LogP contribution in [0.25, 0.3) is 0 Å². The van der Waals surface area contributed by atoms with Crippen molar-refractivity contribution in [3.8, 4) is 0 Å². The molecular formula is C16H21NO3. The van der Waals surface area contributed by atoms with Crippen molar-refractivity contribution in [2.45, 2.75) is 46.0 Å². The van der Waals surface area contributed by atoms with E-state index in [0.29, 0.717) is 11.3 Å². The van der Waals surface area contributed by atoms with Crippen molar-refractivity contribution in [2.24, 2.45) is 5.41 Å². The molecule has 0 saturated heterocycles. The van der Waals surface area contributed by atoms with Crippen LogP contribution in [0.2, 0.25) is 0 Å².